The molecule has 2 rings (SSSR count). The molecule has 1 amide bonds. The fourth-order valence-corrected chi connectivity index (χ4v) is 1.43. The van der Waals surface area contributed by atoms with Crippen LogP contribution >= 0.6 is 12.6 Å². The second kappa shape index (κ2) is 3.99. The van der Waals surface area contributed by atoms with Gasteiger partial charge in [-0.05, 0) is 0 Å². The first-order valence-corrected chi connectivity index (χ1v) is 4.75. The number of ether oxygens (including phenoxy) is 1. The van der Waals surface area contributed by atoms with Crippen LogP contribution in [0.2, 0.25) is 0 Å². The van der Waals surface area contributed by atoms with Crippen molar-refractivity contribution in [1.82, 2.24) is 19.6 Å². The Bertz CT molecular complexity index is 553. The van der Waals surface area contributed by atoms with Crippen LogP contribution in [0.4, 0.5) is 0 Å². The molecule has 0 spiro atoms. The van der Waals surface area contributed by atoms with Gasteiger partial charge in [0.2, 0.25) is 0 Å². The van der Waals surface area contributed by atoms with Crippen molar-refractivity contribution in [2.24, 2.45) is 5.73 Å². The molecule has 0 aliphatic heterocycles. The fourth-order valence-electron chi connectivity index (χ4n) is 1.20. The van der Waals surface area contributed by atoms with E-state index in [4.69, 9.17) is 23.1 Å². The number of nitrogens with zero attached hydrogens (tertiary/aromatic N) is 4. The number of primary amides is 1. The minimum Gasteiger partial charge on any atom is -0.377 e. The predicted octanol–water partition coefficient (Wildman–Crippen LogP) is -0.0740. The number of amides is 1. The highest BCUT2D eigenvalue weighted by molar-refractivity contribution is 7.80. The molecule has 2 aromatic rings. The van der Waals surface area contributed by atoms with Crippen molar-refractivity contribution in [2.75, 3.05) is 7.11 Å². The van der Waals surface area contributed by atoms with Gasteiger partial charge < -0.3 is 10.5 Å². The molecule has 0 fully saturated rings. The summed E-state index contributed by atoms with van der Waals surface area (Å²) in [5.41, 5.74) is 5.19. The maximum Gasteiger partial charge on any atom is 0.267 e. The standard InChI is InChI=1S/C8H8N5O2S/c1-15-3-5-11-8-10-4(7(9)14)2-6(16)13(8)12-5/h2H,3H2,1H3,(H2,9,14). The van der Waals surface area contributed by atoms with Gasteiger partial charge in [0.15, 0.2) is 5.82 Å². The van der Waals surface area contributed by atoms with E-state index in [9.17, 15) is 4.79 Å². The maximum atomic E-state index is 11.0. The molecular formula is C8H8N5O2S. The first-order chi connectivity index (χ1) is 7.61. The number of methoxy groups -OCH3 is 1. The summed E-state index contributed by atoms with van der Waals surface area (Å²) in [6.45, 7) is 0.254. The fraction of sp³-hybridized carbons (Fsp3) is 0.250. The second-order valence-corrected chi connectivity index (χ2v) is 3.43. The van der Waals surface area contributed by atoms with Crippen LogP contribution in [0.1, 0.15) is 16.3 Å². The van der Waals surface area contributed by atoms with Crippen LogP contribution < -0.4 is 5.73 Å². The molecule has 16 heavy (non-hydrogen) atoms. The van der Waals surface area contributed by atoms with Crippen molar-refractivity contribution in [1.29, 1.82) is 0 Å². The normalized spacial score (nSPS) is 10.8. The van der Waals surface area contributed by atoms with Crippen molar-refractivity contribution in [3.63, 3.8) is 0 Å². The molecule has 0 saturated heterocycles. The largest absolute Gasteiger partial charge is 0.377 e. The molecule has 1 radical (unpaired) electrons. The Morgan fingerprint density at radius 1 is 1.62 bits per heavy atom. The molecular weight excluding hydrogens is 230 g/mol. The van der Waals surface area contributed by atoms with Gasteiger partial charge in [0.05, 0.1) is 0 Å². The first kappa shape index (κ1) is 10.7. The summed E-state index contributed by atoms with van der Waals surface area (Å²) < 4.78 is 6.24. The van der Waals surface area contributed by atoms with E-state index < -0.39 is 5.91 Å². The third-order valence-electron chi connectivity index (χ3n) is 1.85. The molecule has 0 aliphatic carbocycles. The second-order valence-electron chi connectivity index (χ2n) is 3.02. The minimum absolute atomic E-state index is 0.0777. The Morgan fingerprint density at radius 3 is 3.00 bits per heavy atom. The highest BCUT2D eigenvalue weighted by Gasteiger charge is 2.12. The van der Waals surface area contributed by atoms with Crippen molar-refractivity contribution in [2.45, 2.75) is 11.6 Å². The van der Waals surface area contributed by atoms with Crippen LogP contribution in [0.5, 0.6) is 0 Å². The molecule has 7 nitrogen and oxygen atoms in total. The Labute approximate surface area is 96.0 Å². The lowest BCUT2D eigenvalue weighted by Gasteiger charge is -1.97. The lowest BCUT2D eigenvalue weighted by molar-refractivity contribution is 0.0995. The third-order valence-corrected chi connectivity index (χ3v) is 2.14. The van der Waals surface area contributed by atoms with E-state index in [2.05, 4.69) is 15.1 Å². The summed E-state index contributed by atoms with van der Waals surface area (Å²) in [7, 11) is 1.53. The summed E-state index contributed by atoms with van der Waals surface area (Å²) in [6.07, 6.45) is 0. The molecule has 2 aromatic heterocycles. The summed E-state index contributed by atoms with van der Waals surface area (Å²) in [4.78, 5) is 18.9. The number of rotatable bonds is 3. The predicted molar refractivity (Wildman–Crippen MR) is 55.9 cm³/mol. The van der Waals surface area contributed by atoms with E-state index in [1.165, 1.54) is 17.7 Å². The van der Waals surface area contributed by atoms with Crippen molar-refractivity contribution < 1.29 is 9.53 Å². The molecule has 0 saturated carbocycles. The number of hydrogen-bond acceptors (Lipinski definition) is 5. The van der Waals surface area contributed by atoms with Gasteiger partial charge in [0.1, 0.15) is 17.3 Å². The molecule has 0 aromatic carbocycles. The summed E-state index contributed by atoms with van der Waals surface area (Å²) >= 11 is 5.03. The van der Waals surface area contributed by atoms with Gasteiger partial charge in [0, 0.05) is 13.2 Å². The summed E-state index contributed by atoms with van der Waals surface area (Å²) in [5.74, 6) is 0.0426. The Morgan fingerprint density at radius 2 is 2.38 bits per heavy atom. The van der Waals surface area contributed by atoms with Gasteiger partial charge in [0.25, 0.3) is 11.7 Å². The monoisotopic (exact) mass is 238 g/mol. The van der Waals surface area contributed by atoms with Gasteiger partial charge >= 0.3 is 0 Å². The Balaban J connectivity index is 2.58. The van der Waals surface area contributed by atoms with Gasteiger partial charge in [-0.1, -0.05) is 12.6 Å². The van der Waals surface area contributed by atoms with E-state index in [1.807, 2.05) is 0 Å². The quantitative estimate of drug-likeness (QED) is 0.755. The molecule has 0 atom stereocenters. The van der Waals surface area contributed by atoms with Crippen LogP contribution in [-0.2, 0) is 11.3 Å². The summed E-state index contributed by atoms with van der Waals surface area (Å²) in [6, 6.07) is 1.38. The Kier molecular flexibility index (Phi) is 2.67. The van der Waals surface area contributed by atoms with Crippen LogP contribution in [-0.4, -0.2) is 32.6 Å². The van der Waals surface area contributed by atoms with Crippen LogP contribution in [0.3, 0.4) is 0 Å². The van der Waals surface area contributed by atoms with E-state index in [1.54, 1.807) is 0 Å². The number of aromatic nitrogens is 4. The number of carbonyl (C=O) groups excluding carboxylic acids is 1. The molecule has 8 heteroatoms. The molecule has 2 N–H and O–H groups in total. The molecule has 83 valence electrons. The number of nitrogens with two attached hydrogens (primary N) is 1. The lowest BCUT2D eigenvalue weighted by atomic mass is 10.4. The van der Waals surface area contributed by atoms with Gasteiger partial charge in [-0.3, -0.25) is 4.79 Å². The molecule has 0 bridgehead atoms. The van der Waals surface area contributed by atoms with E-state index in [0.29, 0.717) is 10.9 Å². The highest BCUT2D eigenvalue weighted by atomic mass is 32.1. The van der Waals surface area contributed by atoms with E-state index >= 15 is 0 Å². The topological polar surface area (TPSA) is 95.4 Å². The minimum atomic E-state index is -0.648. The highest BCUT2D eigenvalue weighted by Crippen LogP contribution is 2.10. The first-order valence-electron chi connectivity index (χ1n) is 4.34. The zero-order valence-corrected chi connectivity index (χ0v) is 9.19. The average Bonchev–Trinajstić information content (AvgIpc) is 2.61. The van der Waals surface area contributed by atoms with E-state index in [0.717, 1.165) is 0 Å². The smallest absolute Gasteiger partial charge is 0.267 e. The molecule has 2 heterocycles. The van der Waals surface area contributed by atoms with Crippen molar-refractivity contribution >= 4 is 24.3 Å². The molecule has 0 aliphatic rings. The Hall–Kier alpha value is -1.80. The van der Waals surface area contributed by atoms with Crippen LogP contribution in [0.25, 0.3) is 5.78 Å². The van der Waals surface area contributed by atoms with Crippen molar-refractivity contribution in [3.05, 3.63) is 17.6 Å². The van der Waals surface area contributed by atoms with Gasteiger partial charge in [-0.15, -0.1) is 5.10 Å². The number of fused-ring (bicyclic) bond motifs is 1. The zero-order valence-electron chi connectivity index (χ0n) is 8.38. The number of carbonyl (C=O) groups is 1. The van der Waals surface area contributed by atoms with Crippen LogP contribution in [0.15, 0.2) is 11.1 Å². The summed E-state index contributed by atoms with van der Waals surface area (Å²) in [5, 5.41) is 4.39. The lowest BCUT2D eigenvalue weighted by Crippen LogP contribution is -2.14. The van der Waals surface area contributed by atoms with Gasteiger partial charge in [-0.2, -0.15) is 9.50 Å². The van der Waals surface area contributed by atoms with E-state index in [-0.39, 0.29) is 18.1 Å². The van der Waals surface area contributed by atoms with Gasteiger partial charge in [-0.25, -0.2) is 4.98 Å². The maximum absolute atomic E-state index is 11.0. The van der Waals surface area contributed by atoms with Crippen LogP contribution in [0, 0.1) is 0 Å². The zero-order chi connectivity index (χ0) is 11.7. The number of hydrogen-bond donors (Lipinski definition) is 1. The van der Waals surface area contributed by atoms with Crippen molar-refractivity contribution in [3.8, 4) is 0 Å². The third kappa shape index (κ3) is 1.79. The molecule has 0 unspecified atom stereocenters. The SMILES string of the molecule is COCc1nc2nc(C(N)=O)cc([S])n2n1. The average molecular weight is 238 g/mol.